The van der Waals surface area contributed by atoms with Crippen molar-refractivity contribution < 1.29 is 4.79 Å². The molecule has 136 valence electrons. The van der Waals surface area contributed by atoms with E-state index in [0.717, 1.165) is 48.1 Å². The van der Waals surface area contributed by atoms with Crippen LogP contribution in [0.25, 0.3) is 11.0 Å². The largest absolute Gasteiger partial charge is 0.354 e. The van der Waals surface area contributed by atoms with E-state index in [-0.39, 0.29) is 11.9 Å². The summed E-state index contributed by atoms with van der Waals surface area (Å²) in [4.78, 5) is 20.1. The second kappa shape index (κ2) is 8.65. The van der Waals surface area contributed by atoms with Crippen molar-refractivity contribution in [1.29, 1.82) is 0 Å². The number of benzene rings is 2. The normalized spacial score (nSPS) is 12.2. The summed E-state index contributed by atoms with van der Waals surface area (Å²) in [6, 6.07) is 16.8. The Morgan fingerprint density at radius 1 is 1.12 bits per heavy atom. The Balaban J connectivity index is 1.46. The molecule has 0 radical (unpaired) electrons. The number of aromatic nitrogens is 2. The maximum Gasteiger partial charge on any atom is 0.220 e. The molecule has 4 nitrogen and oxygen atoms in total. The van der Waals surface area contributed by atoms with Gasteiger partial charge in [0.05, 0.1) is 11.0 Å². The zero-order valence-corrected chi connectivity index (χ0v) is 15.6. The predicted molar refractivity (Wildman–Crippen MR) is 106 cm³/mol. The Hall–Kier alpha value is -2.62. The van der Waals surface area contributed by atoms with E-state index < -0.39 is 0 Å². The lowest BCUT2D eigenvalue weighted by Crippen LogP contribution is -2.33. The number of H-pyrrole nitrogens is 1. The van der Waals surface area contributed by atoms with E-state index in [0.29, 0.717) is 6.42 Å². The maximum absolute atomic E-state index is 12.2. The third-order valence-corrected chi connectivity index (χ3v) is 4.69. The smallest absolute Gasteiger partial charge is 0.220 e. The standard InChI is InChI=1S/C22H27N3O/c1-3-21-24-19-13-11-18(15-20(19)25-21)12-14-22(26)23-16(2)9-10-17-7-5-4-6-8-17/h4-8,11,13,15-16H,3,9-10,12,14H2,1-2H3,(H,23,26)(H,24,25)/t16-/m1/s1. The summed E-state index contributed by atoms with van der Waals surface area (Å²) in [5.74, 6) is 1.12. The van der Waals surface area contributed by atoms with E-state index in [2.05, 4.69) is 65.5 Å². The third-order valence-electron chi connectivity index (χ3n) is 4.69. The number of aryl methyl sites for hydroxylation is 3. The number of imidazole rings is 1. The Morgan fingerprint density at radius 3 is 2.69 bits per heavy atom. The molecular weight excluding hydrogens is 322 g/mol. The lowest BCUT2D eigenvalue weighted by atomic mass is 10.1. The lowest BCUT2D eigenvalue weighted by Gasteiger charge is -2.14. The number of carbonyl (C=O) groups is 1. The summed E-state index contributed by atoms with van der Waals surface area (Å²) < 4.78 is 0. The van der Waals surface area contributed by atoms with Gasteiger partial charge in [0.25, 0.3) is 0 Å². The van der Waals surface area contributed by atoms with Gasteiger partial charge in [-0.1, -0.05) is 43.3 Å². The van der Waals surface area contributed by atoms with Gasteiger partial charge in [-0.05, 0) is 49.4 Å². The van der Waals surface area contributed by atoms with Crippen molar-refractivity contribution in [3.63, 3.8) is 0 Å². The minimum absolute atomic E-state index is 0.115. The van der Waals surface area contributed by atoms with Crippen LogP contribution in [0.5, 0.6) is 0 Å². The monoisotopic (exact) mass is 349 g/mol. The van der Waals surface area contributed by atoms with Crippen LogP contribution in [-0.2, 0) is 24.1 Å². The molecule has 0 bridgehead atoms. The average molecular weight is 349 g/mol. The number of amides is 1. The molecule has 0 spiro atoms. The van der Waals surface area contributed by atoms with Crippen LogP contribution in [0.15, 0.2) is 48.5 Å². The fraction of sp³-hybridized carbons (Fsp3) is 0.364. The number of fused-ring (bicyclic) bond motifs is 1. The minimum Gasteiger partial charge on any atom is -0.354 e. The van der Waals surface area contributed by atoms with Crippen LogP contribution in [0.1, 0.15) is 43.6 Å². The van der Waals surface area contributed by atoms with Crippen LogP contribution in [0.3, 0.4) is 0 Å². The van der Waals surface area contributed by atoms with Crippen molar-refractivity contribution in [1.82, 2.24) is 15.3 Å². The number of rotatable bonds is 8. The van der Waals surface area contributed by atoms with Gasteiger partial charge < -0.3 is 10.3 Å². The fourth-order valence-corrected chi connectivity index (χ4v) is 3.14. The second-order valence-corrected chi connectivity index (χ2v) is 6.88. The molecule has 0 saturated carbocycles. The van der Waals surface area contributed by atoms with Gasteiger partial charge in [0, 0.05) is 18.9 Å². The summed E-state index contributed by atoms with van der Waals surface area (Å²) in [7, 11) is 0. The number of nitrogens with one attached hydrogen (secondary N) is 2. The van der Waals surface area contributed by atoms with E-state index in [9.17, 15) is 4.79 Å². The van der Waals surface area contributed by atoms with Crippen molar-refractivity contribution in [2.75, 3.05) is 0 Å². The third kappa shape index (κ3) is 4.94. The molecule has 3 rings (SSSR count). The highest BCUT2D eigenvalue weighted by Gasteiger charge is 2.09. The van der Waals surface area contributed by atoms with Crippen LogP contribution in [0.4, 0.5) is 0 Å². The van der Waals surface area contributed by atoms with E-state index in [4.69, 9.17) is 0 Å². The molecule has 0 aliphatic heterocycles. The van der Waals surface area contributed by atoms with Crippen molar-refractivity contribution in [2.45, 2.75) is 52.0 Å². The predicted octanol–water partition coefficient (Wildman–Crippen LogP) is 4.20. The zero-order chi connectivity index (χ0) is 18.4. The summed E-state index contributed by atoms with van der Waals surface area (Å²) in [5, 5.41) is 3.11. The number of nitrogens with zero attached hydrogens (tertiary/aromatic N) is 1. The van der Waals surface area contributed by atoms with E-state index in [1.165, 1.54) is 5.56 Å². The van der Waals surface area contributed by atoms with E-state index in [1.807, 2.05) is 12.1 Å². The fourth-order valence-electron chi connectivity index (χ4n) is 3.14. The minimum atomic E-state index is 0.115. The SMILES string of the molecule is CCc1nc2ccc(CCC(=O)N[C@H](C)CCc3ccccc3)cc2[nH]1. The molecule has 0 unspecified atom stereocenters. The first-order chi connectivity index (χ1) is 12.6. The van der Waals surface area contributed by atoms with Gasteiger partial charge in [-0.3, -0.25) is 4.79 Å². The summed E-state index contributed by atoms with van der Waals surface area (Å²) >= 11 is 0. The highest BCUT2D eigenvalue weighted by molar-refractivity contribution is 5.78. The highest BCUT2D eigenvalue weighted by Crippen LogP contribution is 2.15. The van der Waals surface area contributed by atoms with Gasteiger partial charge in [0.2, 0.25) is 5.91 Å². The van der Waals surface area contributed by atoms with Gasteiger partial charge in [-0.15, -0.1) is 0 Å². The average Bonchev–Trinajstić information content (AvgIpc) is 3.08. The summed E-state index contributed by atoms with van der Waals surface area (Å²) in [6.45, 7) is 4.16. The molecule has 2 N–H and O–H groups in total. The quantitative estimate of drug-likeness (QED) is 0.640. The summed E-state index contributed by atoms with van der Waals surface area (Å²) in [5.41, 5.74) is 4.52. The topological polar surface area (TPSA) is 57.8 Å². The molecule has 26 heavy (non-hydrogen) atoms. The van der Waals surface area contributed by atoms with Gasteiger partial charge in [0.1, 0.15) is 5.82 Å². The summed E-state index contributed by atoms with van der Waals surface area (Å²) in [6.07, 6.45) is 4.09. The molecule has 0 fully saturated rings. The molecule has 1 heterocycles. The molecule has 4 heteroatoms. The number of carbonyl (C=O) groups excluding carboxylic acids is 1. The molecule has 0 aliphatic carbocycles. The first kappa shape index (κ1) is 18.2. The van der Waals surface area contributed by atoms with Crippen molar-refractivity contribution in [3.8, 4) is 0 Å². The molecule has 1 atom stereocenters. The van der Waals surface area contributed by atoms with Gasteiger partial charge in [-0.25, -0.2) is 4.98 Å². The first-order valence-corrected chi connectivity index (χ1v) is 9.45. The van der Waals surface area contributed by atoms with Crippen molar-refractivity contribution in [3.05, 3.63) is 65.5 Å². The number of hydrogen-bond acceptors (Lipinski definition) is 2. The van der Waals surface area contributed by atoms with Gasteiger partial charge in [-0.2, -0.15) is 0 Å². The lowest BCUT2D eigenvalue weighted by molar-refractivity contribution is -0.121. The zero-order valence-electron chi connectivity index (χ0n) is 15.6. The Kier molecular flexibility index (Phi) is 6.05. The van der Waals surface area contributed by atoms with Crippen molar-refractivity contribution in [2.24, 2.45) is 0 Å². The molecule has 1 aromatic heterocycles. The molecule has 0 aliphatic rings. The Labute approximate surface area is 155 Å². The van der Waals surface area contributed by atoms with Crippen molar-refractivity contribution >= 4 is 16.9 Å². The molecule has 0 saturated heterocycles. The van der Waals surface area contributed by atoms with E-state index >= 15 is 0 Å². The maximum atomic E-state index is 12.2. The Morgan fingerprint density at radius 2 is 1.92 bits per heavy atom. The Bertz CT molecular complexity index is 854. The van der Waals surface area contributed by atoms with Gasteiger partial charge in [0.15, 0.2) is 0 Å². The molecule has 3 aromatic rings. The van der Waals surface area contributed by atoms with Crippen LogP contribution in [-0.4, -0.2) is 21.9 Å². The second-order valence-electron chi connectivity index (χ2n) is 6.88. The molecule has 1 amide bonds. The first-order valence-electron chi connectivity index (χ1n) is 9.45. The number of aromatic amines is 1. The van der Waals surface area contributed by atoms with Crippen LogP contribution >= 0.6 is 0 Å². The van der Waals surface area contributed by atoms with Crippen LogP contribution in [0, 0.1) is 0 Å². The van der Waals surface area contributed by atoms with Gasteiger partial charge >= 0.3 is 0 Å². The highest BCUT2D eigenvalue weighted by atomic mass is 16.1. The number of hydrogen-bond donors (Lipinski definition) is 2. The molecule has 2 aromatic carbocycles. The molecular formula is C22H27N3O. The van der Waals surface area contributed by atoms with Crippen LogP contribution < -0.4 is 5.32 Å². The van der Waals surface area contributed by atoms with Crippen LogP contribution in [0.2, 0.25) is 0 Å². The van der Waals surface area contributed by atoms with E-state index in [1.54, 1.807) is 0 Å².